The molecule has 1 N–H and O–H groups in total. The SMILES string of the molecule is Cc1cc(NC(=O)COc2c(Cl)c(C)c(Cl)c(C)c2Cl)ccc1Br. The molecule has 0 heterocycles. The lowest BCUT2D eigenvalue weighted by molar-refractivity contribution is -0.118. The van der Waals surface area contributed by atoms with E-state index in [4.69, 9.17) is 39.5 Å². The highest BCUT2D eigenvalue weighted by molar-refractivity contribution is 9.10. The molecule has 128 valence electrons. The van der Waals surface area contributed by atoms with Crippen molar-refractivity contribution in [1.29, 1.82) is 0 Å². The number of amides is 1. The molecular weight excluding hydrogens is 436 g/mol. The van der Waals surface area contributed by atoms with Crippen LogP contribution in [0.3, 0.4) is 0 Å². The topological polar surface area (TPSA) is 38.3 Å². The fraction of sp³-hybridized carbons (Fsp3) is 0.235. The van der Waals surface area contributed by atoms with Crippen LogP contribution in [0.2, 0.25) is 15.1 Å². The molecule has 0 saturated carbocycles. The fourth-order valence-corrected chi connectivity index (χ4v) is 3.16. The maximum absolute atomic E-state index is 12.1. The van der Waals surface area contributed by atoms with Gasteiger partial charge in [0, 0.05) is 15.2 Å². The van der Waals surface area contributed by atoms with Gasteiger partial charge in [0.25, 0.3) is 5.91 Å². The maximum Gasteiger partial charge on any atom is 0.262 e. The van der Waals surface area contributed by atoms with Gasteiger partial charge in [-0.1, -0.05) is 50.7 Å². The molecule has 0 aliphatic rings. The van der Waals surface area contributed by atoms with Gasteiger partial charge in [-0.15, -0.1) is 0 Å². The van der Waals surface area contributed by atoms with Crippen LogP contribution in [0.4, 0.5) is 5.69 Å². The van der Waals surface area contributed by atoms with E-state index < -0.39 is 0 Å². The van der Waals surface area contributed by atoms with E-state index in [1.807, 2.05) is 19.1 Å². The third kappa shape index (κ3) is 4.17. The Morgan fingerprint density at radius 3 is 2.21 bits per heavy atom. The smallest absolute Gasteiger partial charge is 0.262 e. The van der Waals surface area contributed by atoms with E-state index >= 15 is 0 Å². The Morgan fingerprint density at radius 1 is 1.08 bits per heavy atom. The van der Waals surface area contributed by atoms with Crippen molar-refractivity contribution in [1.82, 2.24) is 0 Å². The average Bonchev–Trinajstić information content (AvgIpc) is 2.54. The number of ether oxygens (including phenoxy) is 1. The Morgan fingerprint density at radius 2 is 1.67 bits per heavy atom. The van der Waals surface area contributed by atoms with Crippen LogP contribution >= 0.6 is 50.7 Å². The lowest BCUT2D eigenvalue weighted by atomic mass is 10.1. The summed E-state index contributed by atoms with van der Waals surface area (Å²) in [5.41, 5.74) is 3.03. The summed E-state index contributed by atoms with van der Waals surface area (Å²) < 4.78 is 6.50. The van der Waals surface area contributed by atoms with Crippen molar-refractivity contribution in [3.8, 4) is 5.75 Å². The summed E-state index contributed by atoms with van der Waals surface area (Å²) >= 11 is 22.0. The molecule has 2 aromatic carbocycles. The largest absolute Gasteiger partial charge is 0.481 e. The van der Waals surface area contributed by atoms with Crippen molar-refractivity contribution in [2.45, 2.75) is 20.8 Å². The minimum absolute atomic E-state index is 0.213. The second-order valence-electron chi connectivity index (χ2n) is 5.32. The average molecular weight is 452 g/mol. The minimum atomic E-state index is -0.311. The van der Waals surface area contributed by atoms with Gasteiger partial charge in [-0.05, 0) is 55.7 Å². The molecule has 0 aliphatic heterocycles. The number of anilines is 1. The van der Waals surface area contributed by atoms with Crippen LogP contribution in [-0.4, -0.2) is 12.5 Å². The third-order valence-electron chi connectivity index (χ3n) is 3.50. The number of aryl methyl sites for hydroxylation is 1. The standard InChI is InChI=1S/C17H15BrCl3NO2/c1-8-6-11(4-5-12(8)18)22-13(23)7-24-17-15(20)9(2)14(19)10(3)16(17)21/h4-6H,7H2,1-3H3,(H,22,23). The number of hydrogen-bond donors (Lipinski definition) is 1. The van der Waals surface area contributed by atoms with Crippen LogP contribution in [0.5, 0.6) is 5.75 Å². The Hall–Kier alpha value is -0.940. The van der Waals surface area contributed by atoms with Crippen LogP contribution in [0.25, 0.3) is 0 Å². The van der Waals surface area contributed by atoms with Gasteiger partial charge in [0.05, 0.1) is 10.0 Å². The van der Waals surface area contributed by atoms with Crippen molar-refractivity contribution in [2.75, 3.05) is 11.9 Å². The predicted octanol–water partition coefficient (Wildman–Crippen LogP) is 6.35. The second-order valence-corrected chi connectivity index (χ2v) is 7.31. The summed E-state index contributed by atoms with van der Waals surface area (Å²) in [5, 5.41) is 3.87. The highest BCUT2D eigenvalue weighted by atomic mass is 79.9. The molecule has 2 aromatic rings. The van der Waals surface area contributed by atoms with E-state index in [2.05, 4.69) is 21.2 Å². The summed E-state index contributed by atoms with van der Waals surface area (Å²) in [6.45, 7) is 5.27. The van der Waals surface area contributed by atoms with Gasteiger partial charge < -0.3 is 10.1 Å². The zero-order valence-electron chi connectivity index (χ0n) is 13.3. The van der Waals surface area contributed by atoms with E-state index in [1.54, 1.807) is 19.9 Å². The Labute approximate surface area is 164 Å². The van der Waals surface area contributed by atoms with Crippen LogP contribution in [0.1, 0.15) is 16.7 Å². The Bertz CT molecular complexity index is 780. The van der Waals surface area contributed by atoms with Crippen molar-refractivity contribution in [2.24, 2.45) is 0 Å². The van der Waals surface area contributed by atoms with Gasteiger partial charge in [-0.25, -0.2) is 0 Å². The highest BCUT2D eigenvalue weighted by Gasteiger charge is 2.18. The molecule has 0 atom stereocenters. The Balaban J connectivity index is 2.11. The summed E-state index contributed by atoms with van der Waals surface area (Å²) in [4.78, 5) is 12.1. The third-order valence-corrected chi connectivity index (χ3v) is 5.87. The van der Waals surface area contributed by atoms with E-state index in [0.717, 1.165) is 10.0 Å². The Kier molecular flexibility index (Phi) is 6.43. The quantitative estimate of drug-likeness (QED) is 0.588. The number of halogens is 4. The van der Waals surface area contributed by atoms with Gasteiger partial charge in [0.1, 0.15) is 0 Å². The molecule has 0 unspecified atom stereocenters. The molecule has 0 aliphatic carbocycles. The van der Waals surface area contributed by atoms with Crippen molar-refractivity contribution in [3.05, 3.63) is 54.4 Å². The molecule has 0 radical (unpaired) electrons. The van der Waals surface area contributed by atoms with Crippen LogP contribution in [0, 0.1) is 20.8 Å². The summed E-state index contributed by atoms with van der Waals surface area (Å²) in [7, 11) is 0. The van der Waals surface area contributed by atoms with E-state index in [0.29, 0.717) is 31.9 Å². The molecule has 0 saturated heterocycles. The molecule has 0 aromatic heterocycles. The number of hydrogen-bond acceptors (Lipinski definition) is 2. The van der Waals surface area contributed by atoms with E-state index in [1.165, 1.54) is 0 Å². The first-order chi connectivity index (χ1) is 11.2. The van der Waals surface area contributed by atoms with Crippen molar-refractivity contribution >= 4 is 62.3 Å². The molecule has 3 nitrogen and oxygen atoms in total. The predicted molar refractivity (Wildman–Crippen MR) is 104 cm³/mol. The lowest BCUT2D eigenvalue weighted by Gasteiger charge is -2.15. The van der Waals surface area contributed by atoms with Gasteiger partial charge in [0.15, 0.2) is 12.4 Å². The van der Waals surface area contributed by atoms with Crippen molar-refractivity contribution < 1.29 is 9.53 Å². The molecular formula is C17H15BrCl3NO2. The number of carbonyl (C=O) groups is 1. The van der Waals surface area contributed by atoms with Crippen LogP contribution in [0.15, 0.2) is 22.7 Å². The molecule has 0 spiro atoms. The van der Waals surface area contributed by atoms with Crippen LogP contribution < -0.4 is 10.1 Å². The highest BCUT2D eigenvalue weighted by Crippen LogP contribution is 2.42. The van der Waals surface area contributed by atoms with Crippen LogP contribution in [-0.2, 0) is 4.79 Å². The number of nitrogens with one attached hydrogen (secondary N) is 1. The number of rotatable bonds is 4. The van der Waals surface area contributed by atoms with Crippen molar-refractivity contribution in [3.63, 3.8) is 0 Å². The summed E-state index contributed by atoms with van der Waals surface area (Å²) in [5.74, 6) is -0.0472. The molecule has 7 heteroatoms. The molecule has 1 amide bonds. The summed E-state index contributed by atoms with van der Waals surface area (Å²) in [6.07, 6.45) is 0. The summed E-state index contributed by atoms with van der Waals surface area (Å²) in [6, 6.07) is 5.52. The zero-order valence-corrected chi connectivity index (χ0v) is 17.1. The van der Waals surface area contributed by atoms with Gasteiger partial charge in [-0.3, -0.25) is 4.79 Å². The fourth-order valence-electron chi connectivity index (χ4n) is 2.09. The number of benzene rings is 2. The van der Waals surface area contributed by atoms with E-state index in [-0.39, 0.29) is 18.3 Å². The minimum Gasteiger partial charge on any atom is -0.481 e. The lowest BCUT2D eigenvalue weighted by Crippen LogP contribution is -2.20. The monoisotopic (exact) mass is 449 g/mol. The van der Waals surface area contributed by atoms with Gasteiger partial charge in [-0.2, -0.15) is 0 Å². The zero-order chi connectivity index (χ0) is 18.0. The first kappa shape index (κ1) is 19.4. The first-order valence-corrected chi connectivity index (χ1v) is 8.97. The molecule has 0 fully saturated rings. The second kappa shape index (κ2) is 7.96. The molecule has 2 rings (SSSR count). The van der Waals surface area contributed by atoms with Gasteiger partial charge in [0.2, 0.25) is 0 Å². The molecule has 0 bridgehead atoms. The number of carbonyl (C=O) groups excluding carboxylic acids is 1. The normalized spacial score (nSPS) is 10.6. The van der Waals surface area contributed by atoms with E-state index in [9.17, 15) is 4.79 Å². The first-order valence-electron chi connectivity index (χ1n) is 7.04. The van der Waals surface area contributed by atoms with Gasteiger partial charge >= 0.3 is 0 Å². The molecule has 24 heavy (non-hydrogen) atoms. The maximum atomic E-state index is 12.1.